The first-order valence-electron chi connectivity index (χ1n) is 11.3. The first-order valence-corrected chi connectivity index (χ1v) is 13.0. The first-order chi connectivity index (χ1) is 16.0. The van der Waals surface area contributed by atoms with Crippen LogP contribution in [0, 0.1) is 0 Å². The molecule has 3 aromatic heterocycles. The standard InChI is InChI=1S/C24H29N7OP/c1-29-11-8-18(9-12-29)31-16-17(15-25-31)14-22-26-20-10-13-30(2)23(20)24(28-22)27-19-6-4-5-7-21(19)33(3)32/h4-7,10,13,15-16,18H,8-9,11-12,14H2,1-3H3,(H,26,27,28)/q+1. The molecule has 4 heterocycles. The number of likely N-dealkylation sites (tertiary alicyclic amines) is 1. The van der Waals surface area contributed by atoms with E-state index in [2.05, 4.69) is 33.2 Å². The van der Waals surface area contributed by atoms with Gasteiger partial charge in [-0.1, -0.05) is 16.7 Å². The van der Waals surface area contributed by atoms with E-state index in [4.69, 9.17) is 9.97 Å². The Labute approximate surface area is 194 Å². The number of para-hydroxylation sites is 1. The molecule has 1 fully saturated rings. The number of anilines is 2. The summed E-state index contributed by atoms with van der Waals surface area (Å²) in [4.78, 5) is 12.1. The Balaban J connectivity index is 1.44. The second-order valence-electron chi connectivity index (χ2n) is 8.83. The molecule has 1 atom stereocenters. The molecule has 1 aliphatic rings. The molecule has 0 radical (unpaired) electrons. The number of rotatable bonds is 6. The van der Waals surface area contributed by atoms with Gasteiger partial charge in [0.05, 0.1) is 23.4 Å². The molecule has 1 unspecified atom stereocenters. The van der Waals surface area contributed by atoms with Gasteiger partial charge in [0.15, 0.2) is 5.82 Å². The molecular formula is C24H29N7OP+. The number of piperidine rings is 1. The van der Waals surface area contributed by atoms with Gasteiger partial charge in [0.1, 0.15) is 18.0 Å². The van der Waals surface area contributed by atoms with Gasteiger partial charge in [-0.3, -0.25) is 4.68 Å². The minimum atomic E-state index is -1.48. The van der Waals surface area contributed by atoms with Crippen molar-refractivity contribution in [3.63, 3.8) is 0 Å². The molecular weight excluding hydrogens is 433 g/mol. The van der Waals surface area contributed by atoms with Crippen LogP contribution in [0.2, 0.25) is 0 Å². The molecule has 0 aliphatic carbocycles. The molecule has 5 rings (SSSR count). The van der Waals surface area contributed by atoms with Gasteiger partial charge in [-0.15, -0.1) is 0 Å². The van der Waals surface area contributed by atoms with Crippen LogP contribution in [-0.4, -0.2) is 56.0 Å². The Hall–Kier alpha value is -3.09. The van der Waals surface area contributed by atoms with Gasteiger partial charge in [0, 0.05) is 25.9 Å². The number of aryl methyl sites for hydroxylation is 1. The van der Waals surface area contributed by atoms with Crippen LogP contribution >= 0.6 is 7.80 Å². The monoisotopic (exact) mass is 462 g/mol. The van der Waals surface area contributed by atoms with Crippen LogP contribution in [0.5, 0.6) is 0 Å². The lowest BCUT2D eigenvalue weighted by Crippen LogP contribution is -2.31. The summed E-state index contributed by atoms with van der Waals surface area (Å²) >= 11 is 0. The van der Waals surface area contributed by atoms with E-state index < -0.39 is 7.80 Å². The van der Waals surface area contributed by atoms with E-state index in [0.29, 0.717) is 12.5 Å². The maximum absolute atomic E-state index is 12.3. The van der Waals surface area contributed by atoms with Crippen molar-refractivity contribution in [2.24, 2.45) is 7.05 Å². The van der Waals surface area contributed by atoms with E-state index >= 15 is 0 Å². The van der Waals surface area contributed by atoms with E-state index in [1.54, 1.807) is 6.66 Å². The fourth-order valence-corrected chi connectivity index (χ4v) is 5.27. The molecule has 0 amide bonds. The van der Waals surface area contributed by atoms with E-state index in [1.165, 1.54) is 0 Å². The SMILES string of the molecule is CN1CCC(n2cc(Cc3nc(Nc4ccccc4[P+](C)=O)c4c(ccn4C)n3)cn2)CC1. The van der Waals surface area contributed by atoms with Crippen molar-refractivity contribution in [2.75, 3.05) is 32.1 Å². The zero-order valence-corrected chi connectivity index (χ0v) is 20.2. The molecule has 8 nitrogen and oxygen atoms in total. The molecule has 9 heteroatoms. The summed E-state index contributed by atoms with van der Waals surface area (Å²) in [5.74, 6) is 1.45. The lowest BCUT2D eigenvalue weighted by Gasteiger charge is -2.28. The molecule has 1 N–H and O–H groups in total. The highest BCUT2D eigenvalue weighted by Gasteiger charge is 2.21. The number of nitrogens with one attached hydrogen (secondary N) is 1. The predicted octanol–water partition coefficient (Wildman–Crippen LogP) is 3.85. The Morgan fingerprint density at radius 1 is 1.12 bits per heavy atom. The number of hydrogen-bond acceptors (Lipinski definition) is 6. The van der Waals surface area contributed by atoms with Gasteiger partial charge in [-0.2, -0.15) is 5.10 Å². The number of fused-ring (bicyclic) bond motifs is 1. The Kier molecular flexibility index (Phi) is 5.96. The topological polar surface area (TPSA) is 80.9 Å². The normalized spacial score (nSPS) is 15.8. The lowest BCUT2D eigenvalue weighted by molar-refractivity contribution is 0.212. The van der Waals surface area contributed by atoms with Gasteiger partial charge in [0.2, 0.25) is 5.30 Å². The zero-order chi connectivity index (χ0) is 22.9. The maximum atomic E-state index is 12.3. The highest BCUT2D eigenvalue weighted by molar-refractivity contribution is 7.53. The van der Waals surface area contributed by atoms with Crippen molar-refractivity contribution >= 4 is 35.6 Å². The average molecular weight is 463 g/mol. The number of benzene rings is 1. The summed E-state index contributed by atoms with van der Waals surface area (Å²) in [6.07, 6.45) is 8.91. The molecule has 1 aromatic carbocycles. The van der Waals surface area contributed by atoms with Crippen LogP contribution in [0.15, 0.2) is 48.9 Å². The van der Waals surface area contributed by atoms with Gasteiger partial charge < -0.3 is 14.8 Å². The fraction of sp³-hybridized carbons (Fsp3) is 0.375. The third kappa shape index (κ3) is 4.54. The van der Waals surface area contributed by atoms with Crippen molar-refractivity contribution in [3.8, 4) is 0 Å². The molecule has 170 valence electrons. The summed E-state index contributed by atoms with van der Waals surface area (Å²) in [5, 5.41) is 8.86. The van der Waals surface area contributed by atoms with E-state index in [0.717, 1.165) is 65.2 Å². The summed E-state index contributed by atoms with van der Waals surface area (Å²) in [5.41, 5.74) is 3.71. The smallest absolute Gasteiger partial charge is 0.346 e. The molecule has 0 bridgehead atoms. The average Bonchev–Trinajstić information content (AvgIpc) is 3.41. The molecule has 33 heavy (non-hydrogen) atoms. The summed E-state index contributed by atoms with van der Waals surface area (Å²) in [7, 11) is 2.67. The van der Waals surface area contributed by atoms with Crippen molar-refractivity contribution in [1.82, 2.24) is 29.2 Å². The Morgan fingerprint density at radius 2 is 1.91 bits per heavy atom. The predicted molar refractivity (Wildman–Crippen MR) is 132 cm³/mol. The van der Waals surface area contributed by atoms with Crippen molar-refractivity contribution < 1.29 is 4.57 Å². The third-order valence-electron chi connectivity index (χ3n) is 6.34. The molecule has 0 spiro atoms. The first kappa shape index (κ1) is 21.7. The van der Waals surface area contributed by atoms with Crippen molar-refractivity contribution in [2.45, 2.75) is 25.3 Å². The van der Waals surface area contributed by atoms with Gasteiger partial charge >= 0.3 is 7.80 Å². The largest absolute Gasteiger partial charge is 0.375 e. The summed E-state index contributed by atoms with van der Waals surface area (Å²) in [6, 6.07) is 10.1. The fourth-order valence-electron chi connectivity index (χ4n) is 4.50. The van der Waals surface area contributed by atoms with Gasteiger partial charge in [0.25, 0.3) is 0 Å². The quantitative estimate of drug-likeness (QED) is 0.439. The third-order valence-corrected chi connectivity index (χ3v) is 7.41. The van der Waals surface area contributed by atoms with Crippen LogP contribution in [0.25, 0.3) is 11.0 Å². The van der Waals surface area contributed by atoms with E-state index in [1.807, 2.05) is 54.3 Å². The number of aromatic nitrogens is 5. The van der Waals surface area contributed by atoms with Crippen molar-refractivity contribution in [1.29, 1.82) is 0 Å². The Bertz CT molecular complexity index is 1300. The zero-order valence-electron chi connectivity index (χ0n) is 19.3. The second-order valence-corrected chi connectivity index (χ2v) is 10.3. The Morgan fingerprint density at radius 3 is 2.70 bits per heavy atom. The second kappa shape index (κ2) is 9.04. The number of hydrogen-bond donors (Lipinski definition) is 1. The van der Waals surface area contributed by atoms with E-state index in [9.17, 15) is 4.57 Å². The van der Waals surface area contributed by atoms with Gasteiger partial charge in [-0.25, -0.2) is 9.97 Å². The van der Waals surface area contributed by atoms with Crippen LogP contribution in [0.4, 0.5) is 11.5 Å². The van der Waals surface area contributed by atoms with Crippen LogP contribution in [0.3, 0.4) is 0 Å². The molecule has 1 aliphatic heterocycles. The molecule has 1 saturated heterocycles. The minimum absolute atomic E-state index is 0.456. The number of nitrogens with zero attached hydrogens (tertiary/aromatic N) is 6. The summed E-state index contributed by atoms with van der Waals surface area (Å²) in [6.45, 7) is 3.93. The van der Waals surface area contributed by atoms with Crippen LogP contribution < -0.4 is 10.6 Å². The molecule has 4 aromatic rings. The van der Waals surface area contributed by atoms with Gasteiger partial charge in [-0.05, 0) is 56.7 Å². The highest BCUT2D eigenvalue weighted by Crippen LogP contribution is 2.28. The van der Waals surface area contributed by atoms with E-state index in [-0.39, 0.29) is 0 Å². The lowest BCUT2D eigenvalue weighted by atomic mass is 10.1. The maximum Gasteiger partial charge on any atom is 0.375 e. The van der Waals surface area contributed by atoms with Crippen LogP contribution in [0.1, 0.15) is 30.3 Å². The molecule has 0 saturated carbocycles. The summed E-state index contributed by atoms with van der Waals surface area (Å²) < 4.78 is 16.4. The van der Waals surface area contributed by atoms with Crippen LogP contribution in [-0.2, 0) is 18.0 Å². The van der Waals surface area contributed by atoms with Crippen molar-refractivity contribution in [3.05, 3.63) is 60.3 Å². The minimum Gasteiger partial charge on any atom is -0.346 e. The highest BCUT2D eigenvalue weighted by atomic mass is 31.1.